The molecular formula is C15H28NO+. The Hall–Kier alpha value is -1.05. The van der Waals surface area contributed by atoms with Crippen LogP contribution in [0.1, 0.15) is 48.0 Å². The standard InChI is InChI=1S/C15H28NO/c1-8-10-11-12-15(6,9-2)17-14(5)16(7)13(3)4/h8,10-13H,9H2,1-7H3/q+1/b10-8-,12-11-,16-14?. The number of ether oxygens (including phenoxy) is 1. The van der Waals surface area contributed by atoms with Crippen LogP contribution in [0, 0.1) is 0 Å². The summed E-state index contributed by atoms with van der Waals surface area (Å²) in [6, 6.07) is 0.454. The van der Waals surface area contributed by atoms with Gasteiger partial charge in [-0.1, -0.05) is 25.2 Å². The number of allylic oxidation sites excluding steroid dienone is 3. The zero-order chi connectivity index (χ0) is 13.5. The molecule has 98 valence electrons. The van der Waals surface area contributed by atoms with Crippen molar-refractivity contribution in [3.8, 4) is 0 Å². The third-order valence-electron chi connectivity index (χ3n) is 3.11. The Bertz CT molecular complexity index is 313. The lowest BCUT2D eigenvalue weighted by Crippen LogP contribution is -2.33. The van der Waals surface area contributed by atoms with Crippen LogP contribution in [0.15, 0.2) is 24.3 Å². The van der Waals surface area contributed by atoms with Gasteiger partial charge in [0.25, 0.3) is 0 Å². The highest BCUT2D eigenvalue weighted by Crippen LogP contribution is 2.17. The maximum absolute atomic E-state index is 6.08. The van der Waals surface area contributed by atoms with E-state index in [0.717, 1.165) is 12.3 Å². The van der Waals surface area contributed by atoms with Gasteiger partial charge in [-0.25, -0.2) is 4.58 Å². The summed E-state index contributed by atoms with van der Waals surface area (Å²) in [7, 11) is 2.06. The van der Waals surface area contributed by atoms with Gasteiger partial charge in [0.15, 0.2) is 0 Å². The molecule has 0 spiro atoms. The first-order valence-electron chi connectivity index (χ1n) is 6.42. The highest BCUT2D eigenvalue weighted by atomic mass is 16.5. The third kappa shape index (κ3) is 5.71. The van der Waals surface area contributed by atoms with Crippen LogP contribution in [0.25, 0.3) is 0 Å². The van der Waals surface area contributed by atoms with Gasteiger partial charge in [0, 0.05) is 0 Å². The lowest BCUT2D eigenvalue weighted by atomic mass is 10.0. The van der Waals surface area contributed by atoms with Crippen molar-refractivity contribution in [2.24, 2.45) is 0 Å². The molecule has 0 aromatic rings. The van der Waals surface area contributed by atoms with E-state index in [0.29, 0.717) is 6.04 Å². The van der Waals surface area contributed by atoms with Gasteiger partial charge in [0.1, 0.15) is 18.7 Å². The lowest BCUT2D eigenvalue weighted by Gasteiger charge is -2.24. The first-order valence-corrected chi connectivity index (χ1v) is 6.42. The fraction of sp³-hybridized carbons (Fsp3) is 0.667. The Kier molecular flexibility index (Phi) is 6.86. The van der Waals surface area contributed by atoms with Crippen LogP contribution in [-0.2, 0) is 4.74 Å². The van der Waals surface area contributed by atoms with E-state index >= 15 is 0 Å². The van der Waals surface area contributed by atoms with E-state index in [2.05, 4.69) is 45.4 Å². The summed E-state index contributed by atoms with van der Waals surface area (Å²) in [6.07, 6.45) is 9.16. The highest BCUT2D eigenvalue weighted by Gasteiger charge is 2.24. The molecule has 0 aliphatic rings. The van der Waals surface area contributed by atoms with Crippen molar-refractivity contribution in [1.29, 1.82) is 0 Å². The zero-order valence-corrected chi connectivity index (χ0v) is 12.4. The second-order valence-corrected chi connectivity index (χ2v) is 4.88. The van der Waals surface area contributed by atoms with Gasteiger partial charge in [0.05, 0.1) is 6.92 Å². The molecule has 0 fully saturated rings. The average molecular weight is 238 g/mol. The molecule has 0 bridgehead atoms. The SMILES string of the molecule is C/C=C\C=C/C(C)(CC)OC(C)=[N+](C)C(C)C. The molecular weight excluding hydrogens is 210 g/mol. The molecule has 0 amide bonds. The van der Waals surface area contributed by atoms with Crippen molar-refractivity contribution in [2.75, 3.05) is 7.05 Å². The van der Waals surface area contributed by atoms with Gasteiger partial charge in [-0.05, 0) is 40.2 Å². The van der Waals surface area contributed by atoms with Crippen molar-refractivity contribution >= 4 is 5.90 Å². The lowest BCUT2D eigenvalue weighted by molar-refractivity contribution is -0.539. The summed E-state index contributed by atoms with van der Waals surface area (Å²) in [5.41, 5.74) is -0.229. The molecule has 0 saturated carbocycles. The first-order chi connectivity index (χ1) is 7.86. The summed E-state index contributed by atoms with van der Waals surface area (Å²) in [4.78, 5) is 0. The van der Waals surface area contributed by atoms with E-state index in [4.69, 9.17) is 4.74 Å². The second kappa shape index (κ2) is 7.31. The molecule has 0 aromatic heterocycles. The van der Waals surface area contributed by atoms with Crippen LogP contribution < -0.4 is 0 Å². The molecule has 1 atom stereocenters. The Morgan fingerprint density at radius 2 is 1.94 bits per heavy atom. The van der Waals surface area contributed by atoms with Crippen molar-refractivity contribution in [2.45, 2.75) is 59.6 Å². The van der Waals surface area contributed by atoms with Crippen LogP contribution in [0.3, 0.4) is 0 Å². The summed E-state index contributed by atoms with van der Waals surface area (Å²) >= 11 is 0. The molecule has 0 aliphatic carbocycles. The topological polar surface area (TPSA) is 12.2 Å². The van der Waals surface area contributed by atoms with Gasteiger partial charge in [0.2, 0.25) is 0 Å². The summed E-state index contributed by atoms with van der Waals surface area (Å²) in [5, 5.41) is 0. The number of nitrogens with zero attached hydrogens (tertiary/aromatic N) is 1. The van der Waals surface area contributed by atoms with Crippen molar-refractivity contribution in [3.63, 3.8) is 0 Å². The normalized spacial score (nSPS) is 17.6. The highest BCUT2D eigenvalue weighted by molar-refractivity contribution is 5.68. The Morgan fingerprint density at radius 1 is 1.35 bits per heavy atom. The van der Waals surface area contributed by atoms with Gasteiger partial charge < -0.3 is 4.74 Å². The molecule has 0 heterocycles. The molecule has 17 heavy (non-hydrogen) atoms. The van der Waals surface area contributed by atoms with Crippen LogP contribution in [0.2, 0.25) is 0 Å². The van der Waals surface area contributed by atoms with E-state index < -0.39 is 0 Å². The van der Waals surface area contributed by atoms with E-state index in [-0.39, 0.29) is 5.60 Å². The average Bonchev–Trinajstić information content (AvgIpc) is 2.28. The molecule has 2 heteroatoms. The molecule has 0 rings (SSSR count). The fourth-order valence-electron chi connectivity index (χ4n) is 1.37. The third-order valence-corrected chi connectivity index (χ3v) is 3.11. The second-order valence-electron chi connectivity index (χ2n) is 4.88. The monoisotopic (exact) mass is 238 g/mol. The molecule has 0 aromatic carbocycles. The Labute approximate surface area is 107 Å². The number of hydrogen-bond donors (Lipinski definition) is 0. The van der Waals surface area contributed by atoms with E-state index in [1.54, 1.807) is 0 Å². The zero-order valence-electron chi connectivity index (χ0n) is 12.4. The Balaban J connectivity index is 4.86. The summed E-state index contributed by atoms with van der Waals surface area (Å²) < 4.78 is 8.23. The summed E-state index contributed by atoms with van der Waals surface area (Å²) in [6.45, 7) is 12.6. The maximum Gasteiger partial charge on any atom is 0.333 e. The van der Waals surface area contributed by atoms with Gasteiger partial charge in [-0.3, -0.25) is 0 Å². The molecule has 0 saturated heterocycles. The van der Waals surface area contributed by atoms with Gasteiger partial charge in [-0.15, -0.1) is 0 Å². The summed E-state index contributed by atoms with van der Waals surface area (Å²) in [5.74, 6) is 0.967. The minimum Gasteiger partial charge on any atom is -0.438 e. The van der Waals surface area contributed by atoms with E-state index in [1.807, 2.05) is 32.1 Å². The minimum atomic E-state index is -0.229. The van der Waals surface area contributed by atoms with E-state index in [1.165, 1.54) is 0 Å². The van der Waals surface area contributed by atoms with Crippen LogP contribution >= 0.6 is 0 Å². The number of rotatable bonds is 5. The van der Waals surface area contributed by atoms with Gasteiger partial charge in [-0.2, -0.15) is 0 Å². The quantitative estimate of drug-likeness (QED) is 0.307. The van der Waals surface area contributed by atoms with E-state index in [9.17, 15) is 0 Å². The minimum absolute atomic E-state index is 0.229. The van der Waals surface area contributed by atoms with Crippen molar-refractivity contribution in [3.05, 3.63) is 24.3 Å². The predicted molar refractivity (Wildman–Crippen MR) is 75.7 cm³/mol. The molecule has 0 radical (unpaired) electrons. The van der Waals surface area contributed by atoms with Gasteiger partial charge >= 0.3 is 5.90 Å². The Morgan fingerprint density at radius 3 is 2.35 bits per heavy atom. The molecule has 1 unspecified atom stereocenters. The molecule has 0 aliphatic heterocycles. The smallest absolute Gasteiger partial charge is 0.333 e. The van der Waals surface area contributed by atoms with Crippen molar-refractivity contribution < 1.29 is 9.31 Å². The first kappa shape index (κ1) is 16.0. The predicted octanol–water partition coefficient (Wildman–Crippen LogP) is 3.77. The fourth-order valence-corrected chi connectivity index (χ4v) is 1.37. The molecule has 2 nitrogen and oxygen atoms in total. The van der Waals surface area contributed by atoms with Crippen LogP contribution in [0.4, 0.5) is 0 Å². The maximum atomic E-state index is 6.08. The molecule has 0 N–H and O–H groups in total. The largest absolute Gasteiger partial charge is 0.438 e. The number of hydrogen-bond acceptors (Lipinski definition) is 1. The van der Waals surface area contributed by atoms with Crippen molar-refractivity contribution in [1.82, 2.24) is 0 Å². The van der Waals surface area contributed by atoms with Crippen LogP contribution in [0.5, 0.6) is 0 Å². The van der Waals surface area contributed by atoms with Crippen LogP contribution in [-0.4, -0.2) is 29.2 Å².